The van der Waals surface area contributed by atoms with E-state index in [1.54, 1.807) is 49.8 Å². The Morgan fingerprint density at radius 1 is 0.500 bits per heavy atom. The molecule has 0 N–H and O–H groups in total. The van der Waals surface area contributed by atoms with Gasteiger partial charge in [0.05, 0.1) is 49.8 Å². The van der Waals surface area contributed by atoms with Crippen LogP contribution in [-0.4, -0.2) is 49.8 Å². The van der Waals surface area contributed by atoms with Gasteiger partial charge in [0.15, 0.2) is 23.0 Å². The smallest absolute Gasteiger partial charge is 0.203 e. The Kier molecular flexibility index (Phi) is 8.14. The summed E-state index contributed by atoms with van der Waals surface area (Å²) in [5, 5.41) is 0. The van der Waals surface area contributed by atoms with E-state index in [1.165, 1.54) is 0 Å². The Morgan fingerprint density at radius 2 is 0.941 bits per heavy atom. The van der Waals surface area contributed by atoms with Crippen LogP contribution < -0.4 is 33.2 Å². The molecule has 0 bridgehead atoms. The van der Waals surface area contributed by atoms with Gasteiger partial charge >= 0.3 is 0 Å². The second-order valence-corrected chi connectivity index (χ2v) is 7.16. The molecule has 0 heterocycles. The van der Waals surface area contributed by atoms with Gasteiger partial charge in [-0.1, -0.05) is 12.1 Å². The molecule has 0 saturated carbocycles. The van der Waals surface area contributed by atoms with E-state index in [0.717, 1.165) is 28.0 Å². The van der Waals surface area contributed by atoms with Crippen molar-refractivity contribution in [1.29, 1.82) is 0 Å². The molecule has 0 aromatic heterocycles. The van der Waals surface area contributed by atoms with Crippen LogP contribution in [0.2, 0.25) is 0 Å². The van der Waals surface area contributed by atoms with Crippen molar-refractivity contribution in [2.75, 3.05) is 49.8 Å². The van der Waals surface area contributed by atoms with E-state index in [4.69, 9.17) is 33.2 Å². The Hall–Kier alpha value is -4.00. The van der Waals surface area contributed by atoms with E-state index in [2.05, 4.69) is 0 Å². The van der Waals surface area contributed by atoms with Crippen LogP contribution in [0.4, 0.5) is 0 Å². The summed E-state index contributed by atoms with van der Waals surface area (Å²) in [7, 11) is 11.2. The maximum absolute atomic E-state index is 5.59. The Bertz CT molecular complexity index is 1100. The highest BCUT2D eigenvalue weighted by molar-refractivity contribution is 5.93. The fourth-order valence-electron chi connectivity index (χ4n) is 3.69. The number of methoxy groups -OCH3 is 7. The highest BCUT2D eigenvalue weighted by Gasteiger charge is 2.18. The Labute approximate surface area is 200 Å². The molecule has 0 amide bonds. The molecular weight excluding hydrogens is 436 g/mol. The number of rotatable bonds is 10. The highest BCUT2D eigenvalue weighted by atomic mass is 16.5. The van der Waals surface area contributed by atoms with Gasteiger partial charge in [-0.2, -0.15) is 0 Å². The van der Waals surface area contributed by atoms with E-state index in [0.29, 0.717) is 34.5 Å². The average Bonchev–Trinajstić information content (AvgIpc) is 2.90. The molecule has 3 aromatic carbocycles. The van der Waals surface area contributed by atoms with Crippen molar-refractivity contribution in [3.05, 3.63) is 65.2 Å². The third-order valence-corrected chi connectivity index (χ3v) is 5.37. The van der Waals surface area contributed by atoms with Gasteiger partial charge < -0.3 is 33.2 Å². The van der Waals surface area contributed by atoms with Gasteiger partial charge in [-0.3, -0.25) is 0 Å². The zero-order valence-electron chi connectivity index (χ0n) is 20.6. The van der Waals surface area contributed by atoms with Crippen LogP contribution in [0.15, 0.2) is 48.5 Å². The molecule has 3 rings (SSSR count). The minimum absolute atomic E-state index is 0.524. The summed E-state index contributed by atoms with van der Waals surface area (Å²) in [6, 6.07) is 15.4. The third-order valence-electron chi connectivity index (χ3n) is 5.37. The summed E-state index contributed by atoms with van der Waals surface area (Å²) in [4.78, 5) is 0. The molecule has 0 aliphatic carbocycles. The lowest BCUT2D eigenvalue weighted by Gasteiger charge is -2.17. The van der Waals surface area contributed by atoms with Crippen molar-refractivity contribution in [1.82, 2.24) is 0 Å². The van der Waals surface area contributed by atoms with E-state index >= 15 is 0 Å². The minimum atomic E-state index is 0.524. The van der Waals surface area contributed by atoms with E-state index < -0.39 is 0 Å². The first-order chi connectivity index (χ1) is 16.5. The molecule has 0 fully saturated rings. The highest BCUT2D eigenvalue weighted by Crippen LogP contribution is 2.43. The second kappa shape index (κ2) is 11.2. The number of hydrogen-bond donors (Lipinski definition) is 0. The molecule has 0 aliphatic heterocycles. The van der Waals surface area contributed by atoms with Crippen LogP contribution in [0.3, 0.4) is 0 Å². The first-order valence-corrected chi connectivity index (χ1v) is 10.5. The average molecular weight is 467 g/mol. The molecule has 34 heavy (non-hydrogen) atoms. The van der Waals surface area contributed by atoms with Crippen LogP contribution in [-0.2, 0) is 0 Å². The fraction of sp³-hybridized carbons (Fsp3) is 0.259. The predicted molar refractivity (Wildman–Crippen MR) is 132 cm³/mol. The van der Waals surface area contributed by atoms with Gasteiger partial charge in [-0.05, 0) is 64.7 Å². The molecule has 3 aromatic rings. The van der Waals surface area contributed by atoms with Crippen molar-refractivity contribution in [3.63, 3.8) is 0 Å². The molecule has 0 aliphatic rings. The lowest BCUT2D eigenvalue weighted by molar-refractivity contribution is 0.324. The lowest BCUT2D eigenvalue weighted by Crippen LogP contribution is -1.98. The number of ether oxygens (including phenoxy) is 7. The summed E-state index contributed by atoms with van der Waals surface area (Å²) < 4.78 is 38.6. The first-order valence-electron chi connectivity index (χ1n) is 10.5. The van der Waals surface area contributed by atoms with Gasteiger partial charge in [0.25, 0.3) is 0 Å². The minimum Gasteiger partial charge on any atom is -0.497 e. The summed E-state index contributed by atoms with van der Waals surface area (Å²) >= 11 is 0. The van der Waals surface area contributed by atoms with Gasteiger partial charge in [-0.15, -0.1) is 0 Å². The number of hydrogen-bond acceptors (Lipinski definition) is 7. The first kappa shape index (κ1) is 24.6. The quantitative estimate of drug-likeness (QED) is 0.374. The molecule has 0 spiro atoms. The van der Waals surface area contributed by atoms with E-state index in [-0.39, 0.29) is 0 Å². The standard InChI is InChI=1S/C27H30O7/c1-28-20-10-8-18(9-11-20)21(19-15-24(31-4)27(34-7)25(16-19)32-5)12-17-13-22(29-2)26(33-6)23(14-17)30-3/h8-16H,1-7H3/b21-12-. The van der Waals surface area contributed by atoms with Crippen molar-refractivity contribution < 1.29 is 33.2 Å². The van der Waals surface area contributed by atoms with Crippen LogP contribution >= 0.6 is 0 Å². The molecule has 7 nitrogen and oxygen atoms in total. The zero-order chi connectivity index (χ0) is 24.7. The summed E-state index contributed by atoms with van der Waals surface area (Å²) in [5.41, 5.74) is 3.60. The van der Waals surface area contributed by atoms with E-state index in [9.17, 15) is 0 Å². The van der Waals surface area contributed by atoms with Gasteiger partial charge in [-0.25, -0.2) is 0 Å². The van der Waals surface area contributed by atoms with Gasteiger partial charge in [0, 0.05) is 0 Å². The molecule has 7 heteroatoms. The predicted octanol–water partition coefficient (Wildman–Crippen LogP) is 5.34. The van der Waals surface area contributed by atoms with Crippen molar-refractivity contribution in [3.8, 4) is 40.2 Å². The molecule has 180 valence electrons. The fourth-order valence-corrected chi connectivity index (χ4v) is 3.69. The van der Waals surface area contributed by atoms with E-state index in [1.807, 2.05) is 54.6 Å². The third kappa shape index (κ3) is 4.98. The topological polar surface area (TPSA) is 64.6 Å². The van der Waals surface area contributed by atoms with Crippen LogP contribution in [0.5, 0.6) is 40.2 Å². The van der Waals surface area contributed by atoms with Crippen LogP contribution in [0.25, 0.3) is 11.6 Å². The zero-order valence-corrected chi connectivity index (χ0v) is 20.6. The van der Waals surface area contributed by atoms with Gasteiger partial charge in [0.1, 0.15) is 5.75 Å². The lowest BCUT2D eigenvalue weighted by atomic mass is 9.94. The Balaban J connectivity index is 2.29. The van der Waals surface area contributed by atoms with Crippen molar-refractivity contribution >= 4 is 11.6 Å². The molecule has 0 unspecified atom stereocenters. The summed E-state index contributed by atoms with van der Waals surface area (Å²) in [5.74, 6) is 4.05. The monoisotopic (exact) mass is 466 g/mol. The maximum atomic E-state index is 5.59. The second-order valence-electron chi connectivity index (χ2n) is 7.16. The molecule has 0 atom stereocenters. The molecule has 0 saturated heterocycles. The van der Waals surface area contributed by atoms with Crippen molar-refractivity contribution in [2.24, 2.45) is 0 Å². The normalized spacial score (nSPS) is 11.0. The van der Waals surface area contributed by atoms with Crippen LogP contribution in [0.1, 0.15) is 16.7 Å². The maximum Gasteiger partial charge on any atom is 0.203 e. The summed E-state index contributed by atoms with van der Waals surface area (Å²) in [6.07, 6.45) is 2.03. The SMILES string of the molecule is COc1ccc(/C(=C/c2cc(OC)c(OC)c(OC)c2)c2cc(OC)c(OC)c(OC)c2)cc1. The number of benzene rings is 3. The van der Waals surface area contributed by atoms with Crippen molar-refractivity contribution in [2.45, 2.75) is 0 Å². The molecule has 0 radical (unpaired) electrons. The van der Waals surface area contributed by atoms with Gasteiger partial charge in [0.2, 0.25) is 11.5 Å². The van der Waals surface area contributed by atoms with Crippen LogP contribution in [0, 0.1) is 0 Å². The summed E-state index contributed by atoms with van der Waals surface area (Å²) in [6.45, 7) is 0. The Morgan fingerprint density at radius 3 is 1.32 bits per heavy atom. The largest absolute Gasteiger partial charge is 0.497 e. The molecular formula is C27H30O7.